The molecule has 1 atom stereocenters. The fourth-order valence-electron chi connectivity index (χ4n) is 3.32. The number of hydrogen-bond donors (Lipinski definition) is 1. The van der Waals surface area contributed by atoms with Gasteiger partial charge in [0.25, 0.3) is 0 Å². The summed E-state index contributed by atoms with van der Waals surface area (Å²) in [6, 6.07) is 11.9. The number of urea groups is 1. The Labute approximate surface area is 167 Å². The quantitative estimate of drug-likeness (QED) is 0.788. The van der Waals surface area contributed by atoms with Crippen molar-refractivity contribution in [1.29, 1.82) is 0 Å². The van der Waals surface area contributed by atoms with E-state index in [0.717, 1.165) is 11.5 Å². The lowest BCUT2D eigenvalue weighted by Crippen LogP contribution is -2.55. The summed E-state index contributed by atoms with van der Waals surface area (Å²) in [6.45, 7) is 11.0. The molecule has 0 spiro atoms. The summed E-state index contributed by atoms with van der Waals surface area (Å²) >= 11 is 6.27. The first-order valence-corrected chi connectivity index (χ1v) is 13.2. The lowest BCUT2D eigenvalue weighted by Gasteiger charge is -2.40. The van der Waals surface area contributed by atoms with E-state index in [2.05, 4.69) is 53.9 Å². The topological polar surface area (TPSA) is 48.5 Å². The van der Waals surface area contributed by atoms with Crippen LogP contribution < -0.4 is 15.4 Å². The number of carbonyl (C=O) groups is 1. The summed E-state index contributed by atoms with van der Waals surface area (Å²) in [4.78, 5) is 21.2. The van der Waals surface area contributed by atoms with Crippen molar-refractivity contribution in [2.45, 2.75) is 32.6 Å². The Balaban J connectivity index is 1.66. The van der Waals surface area contributed by atoms with Gasteiger partial charge in [-0.3, -0.25) is 0 Å². The van der Waals surface area contributed by atoms with Gasteiger partial charge in [0.1, 0.15) is 5.82 Å². The Morgan fingerprint density at radius 2 is 2.00 bits per heavy atom. The number of nitrogens with one attached hydrogen (secondary N) is 1. The molecular formula is C20H27ClN4OSi. The molecule has 2 aromatic rings. The highest BCUT2D eigenvalue weighted by Crippen LogP contribution is 2.25. The van der Waals surface area contributed by atoms with Crippen molar-refractivity contribution < 1.29 is 4.79 Å². The average Bonchev–Trinajstić information content (AvgIpc) is 2.61. The molecule has 0 aliphatic carbocycles. The van der Waals surface area contributed by atoms with Gasteiger partial charge >= 0.3 is 6.03 Å². The molecule has 1 fully saturated rings. The first-order valence-electron chi connectivity index (χ1n) is 9.29. The second-order valence-corrected chi connectivity index (χ2v) is 13.5. The number of pyridine rings is 1. The maximum atomic E-state index is 12.8. The van der Waals surface area contributed by atoms with Crippen molar-refractivity contribution in [3.63, 3.8) is 0 Å². The van der Waals surface area contributed by atoms with Gasteiger partial charge in [0.15, 0.2) is 0 Å². The van der Waals surface area contributed by atoms with Gasteiger partial charge in [-0.2, -0.15) is 0 Å². The second kappa shape index (κ2) is 7.90. The molecule has 0 saturated carbocycles. The van der Waals surface area contributed by atoms with E-state index < -0.39 is 8.07 Å². The van der Waals surface area contributed by atoms with Gasteiger partial charge in [-0.15, -0.1) is 0 Å². The molecule has 1 aromatic heterocycles. The zero-order valence-electron chi connectivity index (χ0n) is 16.4. The summed E-state index contributed by atoms with van der Waals surface area (Å²) in [5.41, 5.74) is 0.863. The minimum atomic E-state index is -1.41. The predicted octanol–water partition coefficient (Wildman–Crippen LogP) is 4.02. The molecule has 1 aromatic carbocycles. The first kappa shape index (κ1) is 19.7. The fraction of sp³-hybridized carbons (Fsp3) is 0.400. The molecule has 5 nitrogen and oxygen atoms in total. The van der Waals surface area contributed by atoms with Crippen molar-refractivity contribution in [3.8, 4) is 0 Å². The molecule has 7 heteroatoms. The number of aromatic nitrogens is 1. The minimum Gasteiger partial charge on any atom is -0.352 e. The molecule has 2 amide bonds. The van der Waals surface area contributed by atoms with E-state index in [-0.39, 0.29) is 12.1 Å². The maximum absolute atomic E-state index is 12.8. The highest BCUT2D eigenvalue weighted by molar-refractivity contribution is 6.88. The van der Waals surface area contributed by atoms with E-state index in [4.69, 9.17) is 11.6 Å². The molecular weight excluding hydrogens is 376 g/mol. The van der Waals surface area contributed by atoms with Crippen LogP contribution in [0.3, 0.4) is 0 Å². The van der Waals surface area contributed by atoms with Crippen LogP contribution in [0.25, 0.3) is 0 Å². The van der Waals surface area contributed by atoms with Gasteiger partial charge in [0, 0.05) is 37.6 Å². The number of carbonyl (C=O) groups excluding carboxylic acids is 1. The van der Waals surface area contributed by atoms with Crippen molar-refractivity contribution in [2.75, 3.05) is 29.9 Å². The molecule has 0 radical (unpaired) electrons. The standard InChI is InChI=1S/C20H27ClN4OSi/c1-15-14-24(19-18(21)9-6-10-22-19)11-12-25(15)20(26)23-16-7-5-8-17(13-16)27(2,3)4/h5-10,13,15H,11-12,14H2,1-4H3,(H,23,26)/t15-/m1/s1. The highest BCUT2D eigenvalue weighted by atomic mass is 35.5. The molecule has 3 rings (SSSR count). The van der Waals surface area contributed by atoms with E-state index in [9.17, 15) is 4.79 Å². The first-order chi connectivity index (χ1) is 12.8. The number of anilines is 2. The Morgan fingerprint density at radius 1 is 1.22 bits per heavy atom. The Morgan fingerprint density at radius 3 is 2.67 bits per heavy atom. The van der Waals surface area contributed by atoms with Crippen molar-refractivity contribution in [2.24, 2.45) is 0 Å². The lowest BCUT2D eigenvalue weighted by atomic mass is 10.2. The number of benzene rings is 1. The van der Waals surface area contributed by atoms with E-state index in [1.165, 1.54) is 5.19 Å². The monoisotopic (exact) mass is 402 g/mol. The van der Waals surface area contributed by atoms with Gasteiger partial charge in [0.05, 0.1) is 13.1 Å². The Hall–Kier alpha value is -2.05. The second-order valence-electron chi connectivity index (χ2n) is 8.06. The predicted molar refractivity (Wildman–Crippen MR) is 116 cm³/mol. The molecule has 1 aliphatic rings. The summed E-state index contributed by atoms with van der Waals surface area (Å²) < 4.78 is 0. The fourth-order valence-corrected chi connectivity index (χ4v) is 4.75. The van der Waals surface area contributed by atoms with Crippen LogP contribution in [0.4, 0.5) is 16.3 Å². The third kappa shape index (κ3) is 4.62. The van der Waals surface area contributed by atoms with E-state index >= 15 is 0 Å². The largest absolute Gasteiger partial charge is 0.352 e. The van der Waals surface area contributed by atoms with Crippen LogP contribution in [-0.4, -0.2) is 49.7 Å². The number of nitrogens with zero attached hydrogens (tertiary/aromatic N) is 3. The molecule has 1 aliphatic heterocycles. The van der Waals surface area contributed by atoms with E-state index in [1.807, 2.05) is 29.2 Å². The SMILES string of the molecule is C[C@@H]1CN(c2ncccc2Cl)CCN1C(=O)Nc1cccc([Si](C)(C)C)c1. The average molecular weight is 403 g/mol. The van der Waals surface area contributed by atoms with Crippen molar-refractivity contribution in [1.82, 2.24) is 9.88 Å². The third-order valence-corrected chi connectivity index (χ3v) is 7.24. The van der Waals surface area contributed by atoms with Gasteiger partial charge < -0.3 is 15.1 Å². The molecule has 27 heavy (non-hydrogen) atoms. The molecule has 1 saturated heterocycles. The summed E-state index contributed by atoms with van der Waals surface area (Å²) in [5.74, 6) is 0.786. The smallest absolute Gasteiger partial charge is 0.322 e. The van der Waals surface area contributed by atoms with Gasteiger partial charge in [-0.25, -0.2) is 9.78 Å². The molecule has 2 heterocycles. The molecule has 144 valence electrons. The zero-order valence-corrected chi connectivity index (χ0v) is 18.1. The highest BCUT2D eigenvalue weighted by Gasteiger charge is 2.29. The van der Waals surface area contributed by atoms with Gasteiger partial charge in [-0.1, -0.05) is 48.6 Å². The van der Waals surface area contributed by atoms with Crippen LogP contribution in [0, 0.1) is 0 Å². The molecule has 0 bridgehead atoms. The van der Waals surface area contributed by atoms with Crippen LogP contribution in [0.2, 0.25) is 24.7 Å². The van der Waals surface area contributed by atoms with Crippen LogP contribution in [0.1, 0.15) is 6.92 Å². The molecule has 0 unspecified atom stereocenters. The van der Waals surface area contributed by atoms with Crippen molar-refractivity contribution in [3.05, 3.63) is 47.6 Å². The van der Waals surface area contributed by atoms with Gasteiger partial charge in [-0.05, 0) is 31.2 Å². The minimum absolute atomic E-state index is 0.0537. The normalized spacial score (nSPS) is 17.7. The number of hydrogen-bond acceptors (Lipinski definition) is 3. The number of amides is 2. The summed E-state index contributed by atoms with van der Waals surface area (Å²) in [7, 11) is -1.41. The van der Waals surface area contributed by atoms with Gasteiger partial charge in [0.2, 0.25) is 0 Å². The number of rotatable bonds is 3. The summed E-state index contributed by atoms with van der Waals surface area (Å²) in [5, 5.41) is 5.05. The Bertz CT molecular complexity index is 824. The summed E-state index contributed by atoms with van der Waals surface area (Å²) in [6.07, 6.45) is 1.75. The number of piperazine rings is 1. The van der Waals surface area contributed by atoms with E-state index in [1.54, 1.807) is 6.20 Å². The van der Waals surface area contributed by atoms with Crippen LogP contribution in [0.5, 0.6) is 0 Å². The maximum Gasteiger partial charge on any atom is 0.322 e. The third-order valence-electron chi connectivity index (χ3n) is 4.91. The van der Waals surface area contributed by atoms with Crippen LogP contribution in [-0.2, 0) is 0 Å². The Kier molecular flexibility index (Phi) is 5.77. The lowest BCUT2D eigenvalue weighted by molar-refractivity contribution is 0.184. The zero-order chi connectivity index (χ0) is 19.6. The van der Waals surface area contributed by atoms with Crippen LogP contribution in [0.15, 0.2) is 42.6 Å². The van der Waals surface area contributed by atoms with Crippen molar-refractivity contribution >= 4 is 42.4 Å². The van der Waals surface area contributed by atoms with E-state index in [0.29, 0.717) is 24.7 Å². The number of halogens is 1. The molecule has 1 N–H and O–H groups in total. The van der Waals surface area contributed by atoms with Crippen LogP contribution >= 0.6 is 11.6 Å².